The molecule has 0 bridgehead atoms. The lowest BCUT2D eigenvalue weighted by Crippen LogP contribution is -2.53. The molecule has 0 aromatic rings. The molecule has 0 radical (unpaired) electrons. The van der Waals surface area contributed by atoms with Gasteiger partial charge in [-0.25, -0.2) is 9.59 Å². The summed E-state index contributed by atoms with van der Waals surface area (Å²) in [6.45, 7) is 6.82. The van der Waals surface area contributed by atoms with E-state index in [-0.39, 0.29) is 6.10 Å². The zero-order chi connectivity index (χ0) is 15.1. The molecule has 1 fully saturated rings. The van der Waals surface area contributed by atoms with Crippen LogP contribution in [0.25, 0.3) is 0 Å². The Bertz CT molecular complexity index is 337. The minimum atomic E-state index is -1.32. The van der Waals surface area contributed by atoms with Crippen LogP contribution in [0.2, 0.25) is 0 Å². The van der Waals surface area contributed by atoms with Crippen LogP contribution >= 0.6 is 0 Å². The first-order chi connectivity index (χ1) is 9.43. The Morgan fingerprint density at radius 3 is 2.75 bits per heavy atom. The zero-order valence-electron chi connectivity index (χ0n) is 11.8. The highest BCUT2D eigenvalue weighted by molar-refractivity contribution is 5.82. The molecule has 20 heavy (non-hydrogen) atoms. The molecule has 0 aromatic heterocycles. The number of amides is 2. The number of morpholine rings is 1. The van der Waals surface area contributed by atoms with Gasteiger partial charge in [-0.3, -0.25) is 4.90 Å². The number of carbonyl (C=O) groups excluding carboxylic acids is 1. The predicted molar refractivity (Wildman–Crippen MR) is 71.5 cm³/mol. The second kappa shape index (κ2) is 8.03. The fourth-order valence-electron chi connectivity index (χ4n) is 1.98. The van der Waals surface area contributed by atoms with Gasteiger partial charge in [-0.15, -0.1) is 0 Å². The van der Waals surface area contributed by atoms with E-state index in [2.05, 4.69) is 22.5 Å². The molecule has 2 amide bonds. The molecular formula is C12H23N3O5. The Kier molecular flexibility index (Phi) is 6.69. The number of aliphatic hydroxyl groups excluding tert-OH is 1. The zero-order valence-corrected chi connectivity index (χ0v) is 11.8. The molecule has 0 aliphatic carbocycles. The number of carboxylic acid groups (broad SMARTS) is 1. The van der Waals surface area contributed by atoms with Crippen LogP contribution in [0.1, 0.15) is 13.8 Å². The highest BCUT2D eigenvalue weighted by Crippen LogP contribution is 2.03. The summed E-state index contributed by atoms with van der Waals surface area (Å²) < 4.78 is 5.51. The molecular weight excluding hydrogens is 266 g/mol. The van der Waals surface area contributed by atoms with Crippen molar-refractivity contribution >= 4 is 12.0 Å². The van der Waals surface area contributed by atoms with E-state index in [9.17, 15) is 14.7 Å². The third-order valence-electron chi connectivity index (χ3n) is 3.20. The molecule has 4 N–H and O–H groups in total. The van der Waals surface area contributed by atoms with Crippen molar-refractivity contribution < 1.29 is 24.5 Å². The van der Waals surface area contributed by atoms with E-state index >= 15 is 0 Å². The molecule has 0 spiro atoms. The monoisotopic (exact) mass is 289 g/mol. The average molecular weight is 289 g/mol. The van der Waals surface area contributed by atoms with Gasteiger partial charge in [0.2, 0.25) is 0 Å². The van der Waals surface area contributed by atoms with Gasteiger partial charge in [0.05, 0.1) is 18.8 Å². The molecule has 1 heterocycles. The van der Waals surface area contributed by atoms with Gasteiger partial charge in [0, 0.05) is 19.6 Å². The van der Waals surface area contributed by atoms with E-state index < -0.39 is 24.1 Å². The summed E-state index contributed by atoms with van der Waals surface area (Å²) in [5.41, 5.74) is 0. The first-order valence-corrected chi connectivity index (χ1v) is 6.73. The van der Waals surface area contributed by atoms with E-state index in [1.54, 1.807) is 0 Å². The Morgan fingerprint density at radius 2 is 2.20 bits per heavy atom. The molecule has 8 heteroatoms. The number of hydrogen-bond donors (Lipinski definition) is 4. The fourth-order valence-corrected chi connectivity index (χ4v) is 1.98. The number of likely N-dealkylation sites (N-methyl/N-ethyl adjacent to an activating group) is 1. The van der Waals surface area contributed by atoms with Crippen LogP contribution in [0.15, 0.2) is 0 Å². The maximum atomic E-state index is 11.6. The number of rotatable bonds is 6. The van der Waals surface area contributed by atoms with Crippen molar-refractivity contribution in [2.45, 2.75) is 32.1 Å². The van der Waals surface area contributed by atoms with Crippen molar-refractivity contribution in [3.8, 4) is 0 Å². The quantitative estimate of drug-likeness (QED) is 0.491. The molecule has 1 aliphatic heterocycles. The van der Waals surface area contributed by atoms with Gasteiger partial charge in [0.15, 0.2) is 6.04 Å². The van der Waals surface area contributed by atoms with Crippen LogP contribution in [0.3, 0.4) is 0 Å². The van der Waals surface area contributed by atoms with E-state index in [4.69, 9.17) is 9.84 Å². The van der Waals surface area contributed by atoms with Crippen molar-refractivity contribution in [1.29, 1.82) is 0 Å². The van der Waals surface area contributed by atoms with E-state index in [1.165, 1.54) is 6.92 Å². The third-order valence-corrected chi connectivity index (χ3v) is 3.20. The first kappa shape index (κ1) is 16.7. The van der Waals surface area contributed by atoms with Gasteiger partial charge in [-0.1, -0.05) is 6.92 Å². The molecule has 0 saturated carbocycles. The van der Waals surface area contributed by atoms with Crippen LogP contribution in [0.4, 0.5) is 4.79 Å². The van der Waals surface area contributed by atoms with Crippen molar-refractivity contribution in [2.24, 2.45) is 0 Å². The standard InChI is InChI=1S/C12H23N3O5/c1-3-15-4-5-20-9(7-15)6-13-12(19)14-10(8(2)16)11(17)18/h8-10,16H,3-7H2,1-2H3,(H,17,18)(H2,13,14,19). The van der Waals surface area contributed by atoms with Crippen molar-refractivity contribution in [2.75, 3.05) is 32.8 Å². The van der Waals surface area contributed by atoms with Crippen LogP contribution in [-0.2, 0) is 9.53 Å². The van der Waals surface area contributed by atoms with E-state index in [0.29, 0.717) is 13.2 Å². The molecule has 116 valence electrons. The van der Waals surface area contributed by atoms with Gasteiger partial charge in [0.1, 0.15) is 0 Å². The maximum absolute atomic E-state index is 11.6. The van der Waals surface area contributed by atoms with Gasteiger partial charge in [0.25, 0.3) is 0 Å². The number of hydrogen-bond acceptors (Lipinski definition) is 5. The second-order valence-corrected chi connectivity index (χ2v) is 4.80. The Labute approximate surface area is 118 Å². The number of aliphatic hydroxyl groups is 1. The normalized spacial score (nSPS) is 22.9. The smallest absolute Gasteiger partial charge is 0.328 e. The molecule has 1 saturated heterocycles. The van der Waals surface area contributed by atoms with Gasteiger partial charge in [-0.2, -0.15) is 0 Å². The lowest BCUT2D eigenvalue weighted by atomic mass is 10.2. The number of ether oxygens (including phenoxy) is 1. The summed E-state index contributed by atoms with van der Waals surface area (Å²) in [6.07, 6.45) is -1.27. The molecule has 1 rings (SSSR count). The molecule has 3 unspecified atom stereocenters. The summed E-state index contributed by atoms with van der Waals surface area (Å²) in [4.78, 5) is 24.6. The van der Waals surface area contributed by atoms with Crippen molar-refractivity contribution in [3.05, 3.63) is 0 Å². The van der Waals surface area contributed by atoms with Crippen molar-refractivity contribution in [1.82, 2.24) is 15.5 Å². The van der Waals surface area contributed by atoms with Crippen LogP contribution < -0.4 is 10.6 Å². The SMILES string of the molecule is CCN1CCOC(CNC(=O)NC(C(=O)O)C(C)O)C1. The largest absolute Gasteiger partial charge is 0.480 e. The van der Waals surface area contributed by atoms with Crippen LogP contribution in [-0.4, -0.2) is 78.1 Å². The molecule has 1 aliphatic rings. The summed E-state index contributed by atoms with van der Waals surface area (Å²) in [5.74, 6) is -1.28. The predicted octanol–water partition coefficient (Wildman–Crippen LogP) is -1.16. The Morgan fingerprint density at radius 1 is 1.50 bits per heavy atom. The number of carboxylic acids is 1. The summed E-state index contributed by atoms with van der Waals surface area (Å²) in [7, 11) is 0. The topological polar surface area (TPSA) is 111 Å². The number of nitrogens with zero attached hydrogens (tertiary/aromatic N) is 1. The first-order valence-electron chi connectivity index (χ1n) is 6.73. The highest BCUT2D eigenvalue weighted by atomic mass is 16.5. The molecule has 3 atom stereocenters. The fraction of sp³-hybridized carbons (Fsp3) is 0.833. The van der Waals surface area contributed by atoms with Gasteiger partial charge in [-0.05, 0) is 13.5 Å². The second-order valence-electron chi connectivity index (χ2n) is 4.80. The highest BCUT2D eigenvalue weighted by Gasteiger charge is 2.25. The van der Waals surface area contributed by atoms with Crippen LogP contribution in [0, 0.1) is 0 Å². The molecule has 0 aromatic carbocycles. The summed E-state index contributed by atoms with van der Waals surface area (Å²) in [5, 5.41) is 22.9. The number of urea groups is 1. The van der Waals surface area contributed by atoms with Crippen molar-refractivity contribution in [3.63, 3.8) is 0 Å². The maximum Gasteiger partial charge on any atom is 0.328 e. The van der Waals surface area contributed by atoms with Crippen LogP contribution in [0.5, 0.6) is 0 Å². The summed E-state index contributed by atoms with van der Waals surface area (Å²) in [6, 6.07) is -1.95. The number of nitrogens with one attached hydrogen (secondary N) is 2. The number of aliphatic carboxylic acids is 1. The van der Waals surface area contributed by atoms with Gasteiger partial charge < -0.3 is 25.6 Å². The minimum absolute atomic E-state index is 0.107. The minimum Gasteiger partial charge on any atom is -0.480 e. The Hall–Kier alpha value is -1.38. The lowest BCUT2D eigenvalue weighted by molar-refractivity contribution is -0.141. The summed E-state index contributed by atoms with van der Waals surface area (Å²) >= 11 is 0. The number of carbonyl (C=O) groups is 2. The Balaban J connectivity index is 2.33. The average Bonchev–Trinajstić information content (AvgIpc) is 2.42. The molecule has 8 nitrogen and oxygen atoms in total. The third kappa shape index (κ3) is 5.32. The van der Waals surface area contributed by atoms with E-state index in [1.807, 2.05) is 0 Å². The van der Waals surface area contributed by atoms with Gasteiger partial charge >= 0.3 is 12.0 Å². The lowest BCUT2D eigenvalue weighted by Gasteiger charge is -2.32. The van der Waals surface area contributed by atoms with E-state index in [0.717, 1.165) is 19.6 Å².